The molecule has 1 amide bonds. The van der Waals surface area contributed by atoms with Crippen molar-refractivity contribution in [2.24, 2.45) is 0 Å². The molecular weight excluding hydrogens is 364 g/mol. The molecule has 1 N–H and O–H groups in total. The van der Waals surface area contributed by atoms with Crippen LogP contribution in [0.2, 0.25) is 0 Å². The van der Waals surface area contributed by atoms with E-state index in [0.717, 1.165) is 4.88 Å². The molecule has 0 saturated carbocycles. The van der Waals surface area contributed by atoms with Gasteiger partial charge in [-0.3, -0.25) is 10.1 Å². The molecule has 27 heavy (non-hydrogen) atoms. The van der Waals surface area contributed by atoms with Crippen LogP contribution in [0, 0.1) is 6.92 Å². The molecule has 7 nitrogen and oxygen atoms in total. The molecule has 3 rings (SSSR count). The van der Waals surface area contributed by atoms with Crippen molar-refractivity contribution >= 4 is 28.3 Å². The first-order valence-corrected chi connectivity index (χ1v) is 9.17. The van der Waals surface area contributed by atoms with Gasteiger partial charge in [0.15, 0.2) is 16.5 Å². The van der Waals surface area contributed by atoms with E-state index in [4.69, 9.17) is 4.74 Å². The van der Waals surface area contributed by atoms with Gasteiger partial charge in [-0.25, -0.2) is 14.5 Å². The van der Waals surface area contributed by atoms with Gasteiger partial charge in [0.2, 0.25) is 0 Å². The predicted octanol–water partition coefficient (Wildman–Crippen LogP) is 3.84. The van der Waals surface area contributed by atoms with Gasteiger partial charge in [-0.1, -0.05) is 18.2 Å². The van der Waals surface area contributed by atoms with Gasteiger partial charge in [0.25, 0.3) is 5.91 Å². The van der Waals surface area contributed by atoms with Crippen LogP contribution in [0.4, 0.5) is 5.13 Å². The van der Waals surface area contributed by atoms with E-state index in [1.807, 2.05) is 25.1 Å². The number of carbonyl (C=O) groups is 2. The van der Waals surface area contributed by atoms with Crippen molar-refractivity contribution in [3.05, 3.63) is 58.9 Å². The highest BCUT2D eigenvalue weighted by molar-refractivity contribution is 7.15. The molecule has 0 saturated heterocycles. The Hall–Kier alpha value is -3.00. The zero-order valence-electron chi connectivity index (χ0n) is 15.5. The van der Waals surface area contributed by atoms with Gasteiger partial charge in [0.05, 0.1) is 5.69 Å². The molecule has 0 aliphatic heterocycles. The lowest BCUT2D eigenvalue weighted by Gasteiger charge is -2.19. The third-order valence-corrected chi connectivity index (χ3v) is 4.22. The molecule has 0 atom stereocenters. The number of carbonyl (C=O) groups excluding carboxylic acids is 2. The topological polar surface area (TPSA) is 86.1 Å². The second kappa shape index (κ2) is 7.32. The summed E-state index contributed by atoms with van der Waals surface area (Å²) in [4.78, 5) is 30.3. The molecule has 0 aliphatic rings. The Balaban J connectivity index is 1.96. The number of anilines is 1. The number of benzene rings is 1. The zero-order valence-corrected chi connectivity index (χ0v) is 16.3. The van der Waals surface area contributed by atoms with Crippen LogP contribution in [0.15, 0.2) is 42.6 Å². The average Bonchev–Trinajstić information content (AvgIpc) is 3.21. The van der Waals surface area contributed by atoms with Crippen molar-refractivity contribution in [3.63, 3.8) is 0 Å². The minimum atomic E-state index is -0.663. The van der Waals surface area contributed by atoms with E-state index >= 15 is 0 Å². The smallest absolute Gasteiger partial charge is 0.357 e. The van der Waals surface area contributed by atoms with Crippen LogP contribution >= 0.6 is 11.3 Å². The molecule has 0 spiro atoms. The Morgan fingerprint density at radius 2 is 1.89 bits per heavy atom. The van der Waals surface area contributed by atoms with Crippen LogP contribution in [0.1, 0.15) is 46.6 Å². The van der Waals surface area contributed by atoms with E-state index < -0.39 is 17.5 Å². The molecule has 2 heterocycles. The highest BCUT2D eigenvalue weighted by Crippen LogP contribution is 2.20. The number of nitrogens with one attached hydrogen (secondary N) is 1. The van der Waals surface area contributed by atoms with Crippen LogP contribution in [-0.2, 0) is 4.74 Å². The number of ether oxygens (including phenoxy) is 1. The summed E-state index contributed by atoms with van der Waals surface area (Å²) >= 11 is 1.36. The summed E-state index contributed by atoms with van der Waals surface area (Å²) in [6, 6.07) is 10.5. The van der Waals surface area contributed by atoms with Gasteiger partial charge in [-0.2, -0.15) is 5.10 Å². The van der Waals surface area contributed by atoms with Crippen LogP contribution < -0.4 is 5.32 Å². The molecule has 1 aromatic carbocycles. The van der Waals surface area contributed by atoms with Crippen molar-refractivity contribution in [2.45, 2.75) is 33.3 Å². The fourth-order valence-electron chi connectivity index (χ4n) is 2.31. The standard InChI is InChI=1S/C19H20N4O3S/c1-12-11-20-18(27-12)21-16(24)14-10-15(17(25)26-19(2,3)4)23(22-14)13-8-6-5-7-9-13/h5-11H,1-4H3,(H,20,21,24). The number of para-hydroxylation sites is 1. The number of hydrogen-bond donors (Lipinski definition) is 1. The van der Waals surface area contributed by atoms with Gasteiger partial charge in [0.1, 0.15) is 5.60 Å². The first-order valence-electron chi connectivity index (χ1n) is 8.35. The van der Waals surface area contributed by atoms with E-state index in [2.05, 4.69) is 15.4 Å². The predicted molar refractivity (Wildman–Crippen MR) is 104 cm³/mol. The Kier molecular flexibility index (Phi) is 5.09. The first kappa shape index (κ1) is 18.8. The molecule has 0 bridgehead atoms. The fraction of sp³-hybridized carbons (Fsp3) is 0.263. The molecule has 0 unspecified atom stereocenters. The van der Waals surface area contributed by atoms with Gasteiger partial charge < -0.3 is 4.74 Å². The number of hydrogen-bond acceptors (Lipinski definition) is 6. The SMILES string of the molecule is Cc1cnc(NC(=O)c2cc(C(=O)OC(C)(C)C)n(-c3ccccc3)n2)s1. The first-order chi connectivity index (χ1) is 12.7. The van der Waals surface area contributed by atoms with Crippen LogP contribution in [-0.4, -0.2) is 32.2 Å². The van der Waals surface area contributed by atoms with Crippen LogP contribution in [0.3, 0.4) is 0 Å². The molecular formula is C19H20N4O3S. The molecule has 8 heteroatoms. The van der Waals surface area contributed by atoms with Crippen molar-refractivity contribution in [1.29, 1.82) is 0 Å². The zero-order chi connectivity index (χ0) is 19.6. The summed E-state index contributed by atoms with van der Waals surface area (Å²) in [5, 5.41) is 7.49. The lowest BCUT2D eigenvalue weighted by atomic mass is 10.2. The highest BCUT2D eigenvalue weighted by Gasteiger charge is 2.25. The lowest BCUT2D eigenvalue weighted by molar-refractivity contribution is 0.00593. The second-order valence-corrected chi connectivity index (χ2v) is 8.13. The summed E-state index contributed by atoms with van der Waals surface area (Å²) < 4.78 is 6.87. The lowest BCUT2D eigenvalue weighted by Crippen LogP contribution is -2.25. The molecule has 0 aliphatic carbocycles. The summed E-state index contributed by atoms with van der Waals surface area (Å²) in [5.74, 6) is -0.994. The molecule has 0 radical (unpaired) electrons. The summed E-state index contributed by atoms with van der Waals surface area (Å²) in [6.07, 6.45) is 1.68. The normalized spacial score (nSPS) is 11.3. The maximum Gasteiger partial charge on any atom is 0.357 e. The highest BCUT2D eigenvalue weighted by atomic mass is 32.1. The Labute approximate surface area is 161 Å². The van der Waals surface area contributed by atoms with E-state index in [0.29, 0.717) is 10.8 Å². The number of aromatic nitrogens is 3. The molecule has 140 valence electrons. The van der Waals surface area contributed by atoms with Gasteiger partial charge in [0, 0.05) is 17.1 Å². The van der Waals surface area contributed by atoms with Gasteiger partial charge in [-0.05, 0) is 39.8 Å². The van der Waals surface area contributed by atoms with Crippen LogP contribution in [0.5, 0.6) is 0 Å². The summed E-state index contributed by atoms with van der Waals surface area (Å²) in [7, 11) is 0. The third kappa shape index (κ3) is 4.59. The summed E-state index contributed by atoms with van der Waals surface area (Å²) in [6.45, 7) is 7.25. The fourth-order valence-corrected chi connectivity index (χ4v) is 2.97. The van der Waals surface area contributed by atoms with Crippen molar-refractivity contribution in [2.75, 3.05) is 5.32 Å². The van der Waals surface area contributed by atoms with Crippen molar-refractivity contribution < 1.29 is 14.3 Å². The van der Waals surface area contributed by atoms with E-state index in [9.17, 15) is 9.59 Å². The molecule has 3 aromatic rings. The quantitative estimate of drug-likeness (QED) is 0.691. The van der Waals surface area contributed by atoms with Crippen molar-refractivity contribution in [3.8, 4) is 5.69 Å². The number of aryl methyl sites for hydroxylation is 1. The molecule has 2 aromatic heterocycles. The van der Waals surface area contributed by atoms with Crippen molar-refractivity contribution in [1.82, 2.24) is 14.8 Å². The number of thiazole rings is 1. The monoisotopic (exact) mass is 384 g/mol. The average molecular weight is 384 g/mol. The minimum Gasteiger partial charge on any atom is -0.455 e. The number of amides is 1. The second-order valence-electron chi connectivity index (χ2n) is 6.89. The maximum absolute atomic E-state index is 12.6. The number of nitrogens with zero attached hydrogens (tertiary/aromatic N) is 3. The van der Waals surface area contributed by atoms with Gasteiger partial charge in [-0.15, -0.1) is 11.3 Å². The Morgan fingerprint density at radius 3 is 2.48 bits per heavy atom. The number of rotatable bonds is 4. The molecule has 0 fully saturated rings. The van der Waals surface area contributed by atoms with E-state index in [1.54, 1.807) is 39.1 Å². The third-order valence-electron chi connectivity index (χ3n) is 3.39. The van der Waals surface area contributed by atoms with Crippen LogP contribution in [0.25, 0.3) is 5.69 Å². The maximum atomic E-state index is 12.6. The largest absolute Gasteiger partial charge is 0.455 e. The van der Waals surface area contributed by atoms with E-state index in [-0.39, 0.29) is 11.4 Å². The summed E-state index contributed by atoms with van der Waals surface area (Å²) in [5.41, 5.74) is 0.274. The van der Waals surface area contributed by atoms with Gasteiger partial charge >= 0.3 is 5.97 Å². The van der Waals surface area contributed by atoms with E-state index in [1.165, 1.54) is 22.1 Å². The number of esters is 1. The Morgan fingerprint density at radius 1 is 1.19 bits per heavy atom. The Bertz CT molecular complexity index is 971. The minimum absolute atomic E-state index is 0.104.